The number of nitrogens with zero attached hydrogens (tertiary/aromatic N) is 1. The molecule has 7 heteroatoms. The number of benzene rings is 1. The maximum Gasteiger partial charge on any atom is 0.340 e. The molecule has 2 saturated heterocycles. The Morgan fingerprint density at radius 2 is 2.00 bits per heavy atom. The van der Waals surface area contributed by atoms with Gasteiger partial charge in [0.05, 0.1) is 31.6 Å². The van der Waals surface area contributed by atoms with Crippen molar-refractivity contribution in [1.82, 2.24) is 5.32 Å². The summed E-state index contributed by atoms with van der Waals surface area (Å²) in [5.74, 6) is 0.374. The van der Waals surface area contributed by atoms with Crippen LogP contribution in [-0.2, 0) is 14.3 Å². The third-order valence-corrected chi connectivity index (χ3v) is 5.75. The Morgan fingerprint density at radius 3 is 2.68 bits per heavy atom. The van der Waals surface area contributed by atoms with E-state index in [9.17, 15) is 9.59 Å². The van der Waals surface area contributed by atoms with Crippen LogP contribution < -0.4 is 15.5 Å². The molecule has 2 heterocycles. The molecule has 28 heavy (non-hydrogen) atoms. The standard InChI is InChI=1S/C21H31N3O4/c1-15(16-5-7-22-8-6-16)13-20(25)23-19-4-3-17(14-18(19)21(26)27-2)24-9-11-28-12-10-24/h3-4,14-16,22H,5-13H2,1-2H3,(H,23,25). The van der Waals surface area contributed by atoms with Crippen molar-refractivity contribution in [3.05, 3.63) is 23.8 Å². The molecule has 0 bridgehead atoms. The van der Waals surface area contributed by atoms with Gasteiger partial charge in [0.15, 0.2) is 0 Å². The fraction of sp³-hybridized carbons (Fsp3) is 0.619. The Hall–Kier alpha value is -2.12. The van der Waals surface area contributed by atoms with Crippen LogP contribution in [0.15, 0.2) is 18.2 Å². The summed E-state index contributed by atoms with van der Waals surface area (Å²) < 4.78 is 10.3. The molecule has 1 aromatic rings. The first-order valence-electron chi connectivity index (χ1n) is 10.1. The number of rotatable bonds is 6. The van der Waals surface area contributed by atoms with Crippen molar-refractivity contribution in [3.63, 3.8) is 0 Å². The van der Waals surface area contributed by atoms with Crippen molar-refractivity contribution in [2.45, 2.75) is 26.2 Å². The van der Waals surface area contributed by atoms with Gasteiger partial charge in [-0.05, 0) is 56.0 Å². The number of carbonyl (C=O) groups is 2. The van der Waals surface area contributed by atoms with Crippen molar-refractivity contribution in [2.75, 3.05) is 56.7 Å². The molecule has 2 aliphatic rings. The van der Waals surface area contributed by atoms with E-state index in [4.69, 9.17) is 9.47 Å². The lowest BCUT2D eigenvalue weighted by Gasteiger charge is -2.29. The van der Waals surface area contributed by atoms with Gasteiger partial charge in [-0.3, -0.25) is 4.79 Å². The van der Waals surface area contributed by atoms with E-state index in [-0.39, 0.29) is 5.91 Å². The lowest BCUT2D eigenvalue weighted by molar-refractivity contribution is -0.117. The van der Waals surface area contributed by atoms with Crippen LogP contribution >= 0.6 is 0 Å². The molecule has 1 unspecified atom stereocenters. The molecule has 154 valence electrons. The summed E-state index contributed by atoms with van der Waals surface area (Å²) in [6.07, 6.45) is 2.67. The summed E-state index contributed by atoms with van der Waals surface area (Å²) in [4.78, 5) is 27.1. The van der Waals surface area contributed by atoms with Gasteiger partial charge >= 0.3 is 5.97 Å². The van der Waals surface area contributed by atoms with Crippen LogP contribution in [0.5, 0.6) is 0 Å². The predicted molar refractivity (Wildman–Crippen MR) is 109 cm³/mol. The van der Waals surface area contributed by atoms with E-state index in [1.54, 1.807) is 12.1 Å². The number of ether oxygens (including phenoxy) is 2. The van der Waals surface area contributed by atoms with Crippen LogP contribution in [0.2, 0.25) is 0 Å². The molecule has 0 aromatic heterocycles. The van der Waals surface area contributed by atoms with Gasteiger partial charge in [0.2, 0.25) is 5.91 Å². The third-order valence-electron chi connectivity index (χ3n) is 5.75. The van der Waals surface area contributed by atoms with Gasteiger partial charge in [-0.1, -0.05) is 6.92 Å². The molecular formula is C21H31N3O4. The zero-order valence-electron chi connectivity index (χ0n) is 16.8. The fourth-order valence-corrected chi connectivity index (χ4v) is 4.01. The lowest BCUT2D eigenvalue weighted by Crippen LogP contribution is -2.36. The minimum Gasteiger partial charge on any atom is -0.465 e. The highest BCUT2D eigenvalue weighted by Crippen LogP contribution is 2.27. The van der Waals surface area contributed by atoms with E-state index < -0.39 is 5.97 Å². The number of nitrogens with one attached hydrogen (secondary N) is 2. The number of hydrogen-bond acceptors (Lipinski definition) is 6. The van der Waals surface area contributed by atoms with Crippen LogP contribution in [0.1, 0.15) is 36.5 Å². The van der Waals surface area contributed by atoms with Gasteiger partial charge in [0.1, 0.15) is 0 Å². The Bertz CT molecular complexity index is 682. The number of amides is 1. The van der Waals surface area contributed by atoms with Crippen molar-refractivity contribution in [1.29, 1.82) is 0 Å². The Balaban J connectivity index is 1.69. The Labute approximate surface area is 166 Å². The number of esters is 1. The second-order valence-electron chi connectivity index (χ2n) is 7.64. The molecule has 0 spiro atoms. The molecular weight excluding hydrogens is 358 g/mol. The Kier molecular flexibility index (Phi) is 7.28. The van der Waals surface area contributed by atoms with E-state index >= 15 is 0 Å². The summed E-state index contributed by atoms with van der Waals surface area (Å²) in [6.45, 7) is 7.07. The molecule has 1 atom stereocenters. The molecule has 2 fully saturated rings. The molecule has 0 radical (unpaired) electrons. The SMILES string of the molecule is COC(=O)c1cc(N2CCOCC2)ccc1NC(=O)CC(C)C1CCNCC1. The molecule has 0 aliphatic carbocycles. The van der Waals surface area contributed by atoms with Crippen molar-refractivity contribution in [3.8, 4) is 0 Å². The van der Waals surface area contributed by atoms with Gasteiger partial charge in [-0.15, -0.1) is 0 Å². The van der Waals surface area contributed by atoms with Gasteiger partial charge in [0, 0.05) is 25.2 Å². The van der Waals surface area contributed by atoms with Crippen LogP contribution in [0.25, 0.3) is 0 Å². The Morgan fingerprint density at radius 1 is 1.29 bits per heavy atom. The predicted octanol–water partition coefficient (Wildman–Crippen LogP) is 2.27. The summed E-state index contributed by atoms with van der Waals surface area (Å²) in [6, 6.07) is 5.52. The van der Waals surface area contributed by atoms with Crippen LogP contribution in [0, 0.1) is 11.8 Å². The number of piperidine rings is 1. The van der Waals surface area contributed by atoms with Crippen molar-refractivity contribution in [2.24, 2.45) is 11.8 Å². The number of anilines is 2. The molecule has 1 aromatic carbocycles. The van der Waals surface area contributed by atoms with Crippen LogP contribution in [0.3, 0.4) is 0 Å². The molecule has 1 amide bonds. The average molecular weight is 389 g/mol. The lowest BCUT2D eigenvalue weighted by atomic mass is 9.84. The maximum absolute atomic E-state index is 12.6. The smallest absolute Gasteiger partial charge is 0.340 e. The van der Waals surface area contributed by atoms with Gasteiger partial charge in [0.25, 0.3) is 0 Å². The second-order valence-corrected chi connectivity index (χ2v) is 7.64. The van der Waals surface area contributed by atoms with Crippen LogP contribution in [0.4, 0.5) is 11.4 Å². The second kappa shape index (κ2) is 9.89. The largest absolute Gasteiger partial charge is 0.465 e. The fourth-order valence-electron chi connectivity index (χ4n) is 4.01. The van der Waals surface area contributed by atoms with Crippen molar-refractivity contribution < 1.29 is 19.1 Å². The van der Waals surface area contributed by atoms with E-state index in [1.807, 2.05) is 6.07 Å². The monoisotopic (exact) mass is 389 g/mol. The highest BCUT2D eigenvalue weighted by molar-refractivity contribution is 6.02. The average Bonchev–Trinajstić information content (AvgIpc) is 2.74. The number of morpholine rings is 1. The summed E-state index contributed by atoms with van der Waals surface area (Å²) in [5, 5.41) is 6.28. The number of methoxy groups -OCH3 is 1. The van der Waals surface area contributed by atoms with E-state index in [2.05, 4.69) is 22.5 Å². The number of hydrogen-bond donors (Lipinski definition) is 2. The molecule has 2 N–H and O–H groups in total. The molecule has 7 nitrogen and oxygen atoms in total. The maximum atomic E-state index is 12.6. The molecule has 2 aliphatic heterocycles. The first-order valence-corrected chi connectivity index (χ1v) is 10.1. The highest BCUT2D eigenvalue weighted by Gasteiger charge is 2.23. The molecule has 3 rings (SSSR count). The summed E-state index contributed by atoms with van der Waals surface area (Å²) >= 11 is 0. The van der Waals surface area contributed by atoms with E-state index in [1.165, 1.54) is 7.11 Å². The van der Waals surface area contributed by atoms with Crippen molar-refractivity contribution >= 4 is 23.3 Å². The van der Waals surface area contributed by atoms with E-state index in [0.29, 0.717) is 42.7 Å². The normalized spacial score (nSPS) is 19.1. The van der Waals surface area contributed by atoms with Gasteiger partial charge in [-0.2, -0.15) is 0 Å². The van der Waals surface area contributed by atoms with Gasteiger partial charge < -0.3 is 25.0 Å². The van der Waals surface area contributed by atoms with Crippen LogP contribution in [-0.4, -0.2) is 58.4 Å². The summed E-state index contributed by atoms with van der Waals surface area (Å²) in [5.41, 5.74) is 1.82. The minimum atomic E-state index is -0.447. The quantitative estimate of drug-likeness (QED) is 0.727. The topological polar surface area (TPSA) is 79.9 Å². The first kappa shape index (κ1) is 20.6. The third kappa shape index (κ3) is 5.23. The number of carbonyl (C=O) groups excluding carboxylic acids is 2. The van der Waals surface area contributed by atoms with E-state index in [0.717, 1.165) is 44.7 Å². The summed E-state index contributed by atoms with van der Waals surface area (Å²) in [7, 11) is 1.36. The van der Waals surface area contributed by atoms with Gasteiger partial charge in [-0.25, -0.2) is 4.79 Å². The first-order chi connectivity index (χ1) is 13.6. The zero-order chi connectivity index (χ0) is 19.9. The minimum absolute atomic E-state index is 0.0599. The molecule has 0 saturated carbocycles. The zero-order valence-corrected chi connectivity index (χ0v) is 16.8. The highest BCUT2D eigenvalue weighted by atomic mass is 16.5.